The van der Waals surface area contributed by atoms with Crippen LogP contribution in [0.1, 0.15) is 12.0 Å². The van der Waals surface area contributed by atoms with Crippen molar-refractivity contribution in [2.75, 3.05) is 31.3 Å². The second-order valence-electron chi connectivity index (χ2n) is 6.41. The first-order valence-corrected chi connectivity index (χ1v) is 9.44. The SMILES string of the molecule is COCCCNc1nc(-c2ccncc2)nc(N)c1N=Nc1ccc([N+](=O)[O-])cc1C#N. The molecule has 2 heterocycles. The summed E-state index contributed by atoms with van der Waals surface area (Å²) in [5, 5.41) is 31.6. The highest BCUT2D eigenvalue weighted by Crippen LogP contribution is 2.34. The molecule has 0 aliphatic rings. The number of azo groups is 1. The lowest BCUT2D eigenvalue weighted by Gasteiger charge is -2.11. The molecule has 0 spiro atoms. The van der Waals surface area contributed by atoms with Crippen LogP contribution in [0.3, 0.4) is 0 Å². The van der Waals surface area contributed by atoms with Crippen LogP contribution in [0.2, 0.25) is 0 Å². The van der Waals surface area contributed by atoms with E-state index < -0.39 is 4.92 Å². The van der Waals surface area contributed by atoms with Crippen LogP contribution in [0.5, 0.6) is 0 Å². The number of pyridine rings is 1. The molecule has 0 unspecified atom stereocenters. The molecule has 0 aliphatic heterocycles. The van der Waals surface area contributed by atoms with Gasteiger partial charge in [-0.1, -0.05) is 0 Å². The maximum absolute atomic E-state index is 10.9. The Kier molecular flexibility index (Phi) is 7.29. The predicted octanol–water partition coefficient (Wildman–Crippen LogP) is 3.76. The number of ether oxygens (including phenoxy) is 1. The van der Waals surface area contributed by atoms with Crippen LogP contribution in [0.4, 0.5) is 28.7 Å². The minimum absolute atomic E-state index is 0.00505. The Morgan fingerprint density at radius 2 is 2.03 bits per heavy atom. The first kappa shape index (κ1) is 22.2. The van der Waals surface area contributed by atoms with E-state index in [1.807, 2.05) is 6.07 Å². The fraction of sp³-hybridized carbons (Fsp3) is 0.200. The number of nitro groups is 1. The fourth-order valence-electron chi connectivity index (χ4n) is 2.67. The zero-order valence-corrected chi connectivity index (χ0v) is 17.1. The summed E-state index contributed by atoms with van der Waals surface area (Å²) in [7, 11) is 1.61. The smallest absolute Gasteiger partial charge is 0.270 e. The zero-order valence-electron chi connectivity index (χ0n) is 17.1. The van der Waals surface area contributed by atoms with Crippen LogP contribution in [0, 0.1) is 21.4 Å². The zero-order chi connectivity index (χ0) is 22.9. The van der Waals surface area contributed by atoms with Gasteiger partial charge in [0.15, 0.2) is 23.1 Å². The van der Waals surface area contributed by atoms with Crippen molar-refractivity contribution in [3.8, 4) is 17.5 Å². The molecule has 0 saturated carbocycles. The van der Waals surface area contributed by atoms with E-state index in [2.05, 4.69) is 30.5 Å². The third kappa shape index (κ3) is 5.35. The highest BCUT2D eigenvalue weighted by molar-refractivity contribution is 5.75. The van der Waals surface area contributed by atoms with E-state index in [4.69, 9.17) is 10.5 Å². The Labute approximate surface area is 183 Å². The first-order chi connectivity index (χ1) is 15.5. The number of anilines is 2. The van der Waals surface area contributed by atoms with Gasteiger partial charge < -0.3 is 15.8 Å². The van der Waals surface area contributed by atoms with E-state index >= 15 is 0 Å². The standard InChI is InChI=1S/C20H19N9O3/c1-32-10-2-7-24-20-17(18(22)25-19(26-20)13-5-8-23-9-6-13)28-27-16-4-3-15(29(30)31)11-14(16)12-21/h3-6,8-9,11H,2,7,10H2,1H3,(H3,22,24,25,26). The molecule has 0 saturated heterocycles. The van der Waals surface area contributed by atoms with Crippen molar-refractivity contribution < 1.29 is 9.66 Å². The summed E-state index contributed by atoms with van der Waals surface area (Å²) in [5.41, 5.74) is 6.99. The molecule has 0 radical (unpaired) electrons. The highest BCUT2D eigenvalue weighted by atomic mass is 16.6. The molecular weight excluding hydrogens is 414 g/mol. The fourth-order valence-corrected chi connectivity index (χ4v) is 2.67. The molecule has 3 rings (SSSR count). The van der Waals surface area contributed by atoms with Crippen LogP contribution in [-0.4, -0.2) is 40.1 Å². The number of aromatic nitrogens is 3. The molecule has 1 aromatic carbocycles. The molecule has 32 heavy (non-hydrogen) atoms. The number of methoxy groups -OCH3 is 1. The molecule has 12 heteroatoms. The van der Waals surface area contributed by atoms with Gasteiger partial charge in [-0.15, -0.1) is 10.2 Å². The summed E-state index contributed by atoms with van der Waals surface area (Å²) in [6.07, 6.45) is 3.95. The number of nitrogens with one attached hydrogen (secondary N) is 1. The summed E-state index contributed by atoms with van der Waals surface area (Å²) in [6.45, 7) is 1.08. The summed E-state index contributed by atoms with van der Waals surface area (Å²) in [6, 6.07) is 9.09. The van der Waals surface area contributed by atoms with Gasteiger partial charge in [0.2, 0.25) is 0 Å². The van der Waals surface area contributed by atoms with Crippen molar-refractivity contribution in [2.45, 2.75) is 6.42 Å². The minimum atomic E-state index is -0.590. The third-order valence-electron chi connectivity index (χ3n) is 4.24. The summed E-state index contributed by atoms with van der Waals surface area (Å²) in [5.74, 6) is 0.806. The molecule has 0 atom stereocenters. The van der Waals surface area contributed by atoms with Gasteiger partial charge in [-0.05, 0) is 24.6 Å². The number of nitrogen functional groups attached to an aromatic ring is 1. The van der Waals surface area contributed by atoms with E-state index in [0.717, 1.165) is 11.6 Å². The van der Waals surface area contributed by atoms with Gasteiger partial charge in [0.05, 0.1) is 10.5 Å². The molecule has 0 fully saturated rings. The summed E-state index contributed by atoms with van der Waals surface area (Å²) < 4.78 is 5.06. The molecule has 162 valence electrons. The van der Waals surface area contributed by atoms with Crippen LogP contribution in [0.25, 0.3) is 11.4 Å². The van der Waals surface area contributed by atoms with Gasteiger partial charge >= 0.3 is 0 Å². The molecular formula is C20H19N9O3. The summed E-state index contributed by atoms with van der Waals surface area (Å²) >= 11 is 0. The lowest BCUT2D eigenvalue weighted by molar-refractivity contribution is -0.384. The number of benzene rings is 1. The van der Waals surface area contributed by atoms with Crippen LogP contribution < -0.4 is 11.1 Å². The maximum atomic E-state index is 10.9. The number of rotatable bonds is 9. The van der Waals surface area contributed by atoms with Crippen molar-refractivity contribution in [3.05, 3.63) is 58.4 Å². The number of nitro benzene ring substituents is 1. The molecule has 3 aromatic rings. The lowest BCUT2D eigenvalue weighted by Crippen LogP contribution is -2.09. The van der Waals surface area contributed by atoms with Gasteiger partial charge in [-0.25, -0.2) is 9.97 Å². The highest BCUT2D eigenvalue weighted by Gasteiger charge is 2.15. The second kappa shape index (κ2) is 10.5. The van der Waals surface area contributed by atoms with Crippen LogP contribution >= 0.6 is 0 Å². The molecule has 2 aromatic heterocycles. The van der Waals surface area contributed by atoms with Gasteiger partial charge in [0.1, 0.15) is 11.8 Å². The molecule has 3 N–H and O–H groups in total. The Bertz CT molecular complexity index is 1180. The Morgan fingerprint density at radius 3 is 2.72 bits per heavy atom. The number of nitriles is 1. The van der Waals surface area contributed by atoms with Gasteiger partial charge in [-0.3, -0.25) is 15.1 Å². The average Bonchev–Trinajstić information content (AvgIpc) is 2.81. The summed E-state index contributed by atoms with van der Waals surface area (Å²) in [4.78, 5) is 23.1. The van der Waals surface area contributed by atoms with Gasteiger partial charge in [0, 0.05) is 50.4 Å². The normalized spacial score (nSPS) is 10.8. The predicted molar refractivity (Wildman–Crippen MR) is 117 cm³/mol. The van der Waals surface area contributed by atoms with E-state index in [1.54, 1.807) is 31.6 Å². The van der Waals surface area contributed by atoms with Crippen molar-refractivity contribution in [1.82, 2.24) is 15.0 Å². The number of nitrogens with two attached hydrogens (primary N) is 1. The molecule has 0 aliphatic carbocycles. The second-order valence-corrected chi connectivity index (χ2v) is 6.41. The monoisotopic (exact) mass is 433 g/mol. The maximum Gasteiger partial charge on any atom is 0.270 e. The van der Waals surface area contributed by atoms with Crippen molar-refractivity contribution >= 4 is 28.7 Å². The minimum Gasteiger partial charge on any atom is -0.385 e. The topological polar surface area (TPSA) is 178 Å². The number of hydrogen-bond donors (Lipinski definition) is 2. The Hall–Kier alpha value is -4.50. The molecule has 12 nitrogen and oxygen atoms in total. The van der Waals surface area contributed by atoms with E-state index in [0.29, 0.717) is 31.2 Å². The largest absolute Gasteiger partial charge is 0.385 e. The number of nitrogens with zero attached hydrogens (tertiary/aromatic N) is 7. The van der Waals surface area contributed by atoms with Crippen molar-refractivity contribution in [1.29, 1.82) is 5.26 Å². The van der Waals surface area contributed by atoms with E-state index in [1.165, 1.54) is 12.1 Å². The van der Waals surface area contributed by atoms with Crippen molar-refractivity contribution in [2.24, 2.45) is 10.2 Å². The molecule has 0 amide bonds. The number of hydrogen-bond acceptors (Lipinski definition) is 11. The van der Waals surface area contributed by atoms with E-state index in [9.17, 15) is 15.4 Å². The Balaban J connectivity index is 1.99. The van der Waals surface area contributed by atoms with E-state index in [-0.39, 0.29) is 28.4 Å². The number of non-ortho nitro benzene ring substituents is 1. The van der Waals surface area contributed by atoms with Crippen LogP contribution in [-0.2, 0) is 4.74 Å². The van der Waals surface area contributed by atoms with Gasteiger partial charge in [0.25, 0.3) is 5.69 Å². The average molecular weight is 433 g/mol. The van der Waals surface area contributed by atoms with Gasteiger partial charge in [-0.2, -0.15) is 5.26 Å². The molecule has 0 bridgehead atoms. The quantitative estimate of drug-likeness (QED) is 0.220. The van der Waals surface area contributed by atoms with Crippen LogP contribution in [0.15, 0.2) is 53.0 Å². The lowest BCUT2D eigenvalue weighted by atomic mass is 10.2. The third-order valence-corrected chi connectivity index (χ3v) is 4.24. The first-order valence-electron chi connectivity index (χ1n) is 9.44. The Morgan fingerprint density at radius 1 is 1.25 bits per heavy atom. The van der Waals surface area contributed by atoms with Crippen molar-refractivity contribution in [3.63, 3.8) is 0 Å².